The first kappa shape index (κ1) is 13.1. The van der Waals surface area contributed by atoms with E-state index in [1.807, 2.05) is 0 Å². The molecule has 0 radical (unpaired) electrons. The molecular formula is C10H16BrOP. The summed E-state index contributed by atoms with van der Waals surface area (Å²) >= 11 is 0. The molecule has 74 valence electrons. The first-order chi connectivity index (χ1) is 5.72. The molecule has 0 aliphatic rings. The molecule has 3 heteroatoms. The van der Waals surface area contributed by atoms with Crippen LogP contribution in [-0.4, -0.2) is 6.61 Å². The summed E-state index contributed by atoms with van der Waals surface area (Å²) in [5, 5.41) is 0. The molecule has 0 aromatic heterocycles. The van der Waals surface area contributed by atoms with Crippen LogP contribution in [0.3, 0.4) is 0 Å². The lowest BCUT2D eigenvalue weighted by Crippen LogP contribution is -1.92. The van der Waals surface area contributed by atoms with Crippen LogP contribution in [0.5, 0.6) is 0 Å². The Hall–Kier alpha value is 0.0900. The molecule has 0 fully saturated rings. The van der Waals surface area contributed by atoms with Crippen LogP contribution in [0.1, 0.15) is 16.7 Å². The molecule has 0 saturated carbocycles. The van der Waals surface area contributed by atoms with Crippen LogP contribution in [0.2, 0.25) is 0 Å². The molecule has 1 nitrogen and oxygen atoms in total. The van der Waals surface area contributed by atoms with Gasteiger partial charge in [-0.3, -0.25) is 0 Å². The maximum absolute atomic E-state index is 4.94. The summed E-state index contributed by atoms with van der Waals surface area (Å²) in [5.74, 6) is 0. The zero-order chi connectivity index (χ0) is 8.97. The van der Waals surface area contributed by atoms with Crippen molar-refractivity contribution in [3.63, 3.8) is 0 Å². The lowest BCUT2D eigenvalue weighted by atomic mass is 10.1. The Morgan fingerprint density at radius 1 is 1.15 bits per heavy atom. The molecular weight excluding hydrogens is 247 g/mol. The monoisotopic (exact) mass is 262 g/mol. The molecule has 0 bridgehead atoms. The summed E-state index contributed by atoms with van der Waals surface area (Å²) in [6.45, 7) is 5.02. The zero-order valence-electron chi connectivity index (χ0n) is 8.04. The third kappa shape index (κ3) is 4.75. The van der Waals surface area contributed by atoms with Gasteiger partial charge >= 0.3 is 0 Å². The Morgan fingerprint density at radius 3 is 2.15 bits per heavy atom. The molecule has 0 spiro atoms. The number of rotatable bonds is 3. The van der Waals surface area contributed by atoms with Crippen molar-refractivity contribution in [1.29, 1.82) is 0 Å². The second-order valence-corrected chi connectivity index (χ2v) is 3.45. The SMILES string of the molecule is Br.Cc1cc(C)cc(CCOP)c1. The van der Waals surface area contributed by atoms with Crippen molar-refractivity contribution < 1.29 is 4.52 Å². The average Bonchev–Trinajstić information content (AvgIpc) is 1.99. The van der Waals surface area contributed by atoms with E-state index in [0.29, 0.717) is 0 Å². The van der Waals surface area contributed by atoms with E-state index in [2.05, 4.69) is 41.5 Å². The molecule has 1 aromatic rings. The summed E-state index contributed by atoms with van der Waals surface area (Å²) < 4.78 is 4.94. The van der Waals surface area contributed by atoms with Crippen molar-refractivity contribution >= 4 is 26.4 Å². The van der Waals surface area contributed by atoms with Gasteiger partial charge in [0.25, 0.3) is 0 Å². The number of hydrogen-bond donors (Lipinski definition) is 0. The third-order valence-corrected chi connectivity index (χ3v) is 2.03. The minimum absolute atomic E-state index is 0. The second-order valence-electron chi connectivity index (χ2n) is 3.12. The van der Waals surface area contributed by atoms with Crippen LogP contribution in [-0.2, 0) is 10.9 Å². The van der Waals surface area contributed by atoms with Gasteiger partial charge in [0.1, 0.15) is 0 Å². The predicted molar refractivity (Wildman–Crippen MR) is 65.6 cm³/mol. The van der Waals surface area contributed by atoms with E-state index in [1.54, 1.807) is 0 Å². The number of aryl methyl sites for hydroxylation is 2. The largest absolute Gasteiger partial charge is 0.365 e. The van der Waals surface area contributed by atoms with E-state index >= 15 is 0 Å². The molecule has 0 aliphatic heterocycles. The molecule has 1 aromatic carbocycles. The van der Waals surface area contributed by atoms with Gasteiger partial charge in [0.2, 0.25) is 0 Å². The molecule has 0 saturated heterocycles. The van der Waals surface area contributed by atoms with Crippen LogP contribution >= 0.6 is 26.4 Å². The van der Waals surface area contributed by atoms with E-state index < -0.39 is 0 Å². The summed E-state index contributed by atoms with van der Waals surface area (Å²) in [5.41, 5.74) is 4.01. The minimum Gasteiger partial charge on any atom is -0.365 e. The maximum atomic E-state index is 4.94. The highest BCUT2D eigenvalue weighted by Gasteiger charge is 1.94. The number of benzene rings is 1. The van der Waals surface area contributed by atoms with Gasteiger partial charge in [-0.25, -0.2) is 0 Å². The zero-order valence-corrected chi connectivity index (χ0v) is 10.9. The standard InChI is InChI=1S/C10H15OP.BrH/c1-8-5-9(2)7-10(6-8)3-4-11-12;/h5-7H,3-4,12H2,1-2H3;1H. The Morgan fingerprint density at radius 2 is 1.69 bits per heavy atom. The first-order valence-corrected chi connectivity index (χ1v) is 4.58. The molecule has 1 unspecified atom stereocenters. The molecule has 0 amide bonds. The number of hydrogen-bond acceptors (Lipinski definition) is 1. The molecule has 0 aliphatic carbocycles. The van der Waals surface area contributed by atoms with Gasteiger partial charge in [-0.1, -0.05) is 29.3 Å². The molecule has 1 atom stereocenters. The fraction of sp³-hybridized carbons (Fsp3) is 0.400. The lowest BCUT2D eigenvalue weighted by molar-refractivity contribution is 0.377. The Balaban J connectivity index is 0.00000144. The number of halogens is 1. The highest BCUT2D eigenvalue weighted by Crippen LogP contribution is 2.09. The second kappa shape index (κ2) is 6.53. The van der Waals surface area contributed by atoms with Crippen LogP contribution in [0.25, 0.3) is 0 Å². The van der Waals surface area contributed by atoms with Gasteiger partial charge in [0.05, 0.1) is 6.61 Å². The van der Waals surface area contributed by atoms with Gasteiger partial charge < -0.3 is 4.52 Å². The summed E-state index contributed by atoms with van der Waals surface area (Å²) in [7, 11) is 2.27. The van der Waals surface area contributed by atoms with Crippen LogP contribution in [0.15, 0.2) is 18.2 Å². The summed E-state index contributed by atoms with van der Waals surface area (Å²) in [6.07, 6.45) is 0.992. The Labute approximate surface area is 92.9 Å². The predicted octanol–water partition coefficient (Wildman–Crippen LogP) is 3.23. The van der Waals surface area contributed by atoms with E-state index in [0.717, 1.165) is 13.0 Å². The molecule has 1 rings (SSSR count). The van der Waals surface area contributed by atoms with Gasteiger partial charge in [0, 0.05) is 9.47 Å². The maximum Gasteiger partial charge on any atom is 0.0542 e. The van der Waals surface area contributed by atoms with Crippen LogP contribution in [0.4, 0.5) is 0 Å². The normalized spacial score (nSPS) is 9.46. The quantitative estimate of drug-likeness (QED) is 0.761. The minimum atomic E-state index is 0. The van der Waals surface area contributed by atoms with Crippen molar-refractivity contribution in [3.05, 3.63) is 34.9 Å². The van der Waals surface area contributed by atoms with Gasteiger partial charge in [-0.15, -0.1) is 17.0 Å². The third-order valence-electron chi connectivity index (χ3n) is 1.79. The van der Waals surface area contributed by atoms with E-state index in [4.69, 9.17) is 4.52 Å². The van der Waals surface area contributed by atoms with Crippen molar-refractivity contribution in [2.24, 2.45) is 0 Å². The van der Waals surface area contributed by atoms with Crippen molar-refractivity contribution in [1.82, 2.24) is 0 Å². The van der Waals surface area contributed by atoms with Gasteiger partial charge in [0.15, 0.2) is 0 Å². The molecule has 0 heterocycles. The highest BCUT2D eigenvalue weighted by atomic mass is 79.9. The van der Waals surface area contributed by atoms with E-state index in [1.165, 1.54) is 16.7 Å². The topological polar surface area (TPSA) is 9.23 Å². The molecule has 13 heavy (non-hydrogen) atoms. The van der Waals surface area contributed by atoms with E-state index in [9.17, 15) is 0 Å². The van der Waals surface area contributed by atoms with Crippen LogP contribution in [0, 0.1) is 13.8 Å². The first-order valence-electron chi connectivity index (χ1n) is 4.11. The van der Waals surface area contributed by atoms with Gasteiger partial charge in [-0.2, -0.15) is 0 Å². The van der Waals surface area contributed by atoms with Crippen molar-refractivity contribution in [2.45, 2.75) is 20.3 Å². The Kier molecular flexibility index (Phi) is 6.58. The average molecular weight is 263 g/mol. The smallest absolute Gasteiger partial charge is 0.0542 e. The Bertz CT molecular complexity index is 243. The summed E-state index contributed by atoms with van der Waals surface area (Å²) in [4.78, 5) is 0. The van der Waals surface area contributed by atoms with Gasteiger partial charge in [-0.05, 0) is 25.8 Å². The van der Waals surface area contributed by atoms with Crippen molar-refractivity contribution in [2.75, 3.05) is 6.61 Å². The fourth-order valence-corrected chi connectivity index (χ4v) is 1.51. The van der Waals surface area contributed by atoms with Crippen molar-refractivity contribution in [3.8, 4) is 0 Å². The fourth-order valence-electron chi connectivity index (χ4n) is 1.39. The highest BCUT2D eigenvalue weighted by molar-refractivity contribution is 8.93. The summed E-state index contributed by atoms with van der Waals surface area (Å²) in [6, 6.07) is 6.60. The van der Waals surface area contributed by atoms with Crippen LogP contribution < -0.4 is 0 Å². The lowest BCUT2D eigenvalue weighted by Gasteiger charge is -2.03. The molecule has 0 N–H and O–H groups in total. The van der Waals surface area contributed by atoms with E-state index in [-0.39, 0.29) is 17.0 Å².